The van der Waals surface area contributed by atoms with Crippen LogP contribution in [0.3, 0.4) is 0 Å². The fourth-order valence-corrected chi connectivity index (χ4v) is 1.51. The molecule has 80 valence electrons. The average Bonchev–Trinajstić information content (AvgIpc) is 2.02. The first-order chi connectivity index (χ1) is 6.39. The molecule has 1 N–H and O–H groups in total. The molecule has 1 unspecified atom stereocenters. The standard InChI is InChI=1S/C9H12Cl3NO/c1-6-3-2-4-7(5-6)14-8(13)9(10,11)12/h5,7,13H,2-4H2,1H3. The molecule has 5 heteroatoms. The molecule has 0 heterocycles. The molecule has 1 atom stereocenters. The highest BCUT2D eigenvalue weighted by atomic mass is 35.6. The largest absolute Gasteiger partial charge is 0.470 e. The minimum atomic E-state index is -1.75. The van der Waals surface area contributed by atoms with Gasteiger partial charge in [-0.15, -0.1) is 0 Å². The molecule has 0 aromatic heterocycles. The van der Waals surface area contributed by atoms with Gasteiger partial charge in [-0.25, -0.2) is 0 Å². The van der Waals surface area contributed by atoms with Crippen molar-refractivity contribution in [3.63, 3.8) is 0 Å². The number of ether oxygens (including phenoxy) is 1. The maximum atomic E-state index is 7.39. The number of alkyl halides is 3. The van der Waals surface area contributed by atoms with Gasteiger partial charge in [0.1, 0.15) is 6.10 Å². The van der Waals surface area contributed by atoms with Gasteiger partial charge in [0.15, 0.2) is 0 Å². The number of hydrogen-bond donors (Lipinski definition) is 1. The summed E-state index contributed by atoms with van der Waals surface area (Å²) in [4.78, 5) is 0. The quantitative estimate of drug-likeness (QED) is 0.329. The Labute approximate surface area is 98.7 Å². The van der Waals surface area contributed by atoms with E-state index in [1.54, 1.807) is 0 Å². The van der Waals surface area contributed by atoms with E-state index in [4.69, 9.17) is 44.9 Å². The Bertz CT molecular complexity index is 257. The highest BCUT2D eigenvalue weighted by Gasteiger charge is 2.30. The van der Waals surface area contributed by atoms with Crippen molar-refractivity contribution in [2.45, 2.75) is 36.1 Å². The van der Waals surface area contributed by atoms with E-state index >= 15 is 0 Å². The lowest BCUT2D eigenvalue weighted by Crippen LogP contribution is -2.27. The molecule has 14 heavy (non-hydrogen) atoms. The van der Waals surface area contributed by atoms with Gasteiger partial charge in [0, 0.05) is 0 Å². The summed E-state index contributed by atoms with van der Waals surface area (Å²) in [5, 5.41) is 7.39. The Morgan fingerprint density at radius 2 is 2.21 bits per heavy atom. The molecule has 1 rings (SSSR count). The maximum Gasteiger partial charge on any atom is 0.265 e. The SMILES string of the molecule is CC1=CC(OC(=N)C(Cl)(Cl)Cl)CCC1. The summed E-state index contributed by atoms with van der Waals surface area (Å²) < 4.78 is 3.49. The first-order valence-electron chi connectivity index (χ1n) is 4.39. The highest BCUT2D eigenvalue weighted by Crippen LogP contribution is 2.30. The van der Waals surface area contributed by atoms with Crippen LogP contribution in [0.25, 0.3) is 0 Å². The molecular formula is C9H12Cl3NO. The second-order valence-corrected chi connectivity index (χ2v) is 5.67. The van der Waals surface area contributed by atoms with Crippen molar-refractivity contribution in [2.24, 2.45) is 0 Å². The first kappa shape index (κ1) is 12.2. The van der Waals surface area contributed by atoms with Crippen LogP contribution in [0.4, 0.5) is 0 Å². The molecule has 0 radical (unpaired) electrons. The predicted octanol–water partition coefficient (Wildman–Crippen LogP) is 3.85. The third kappa shape index (κ3) is 3.68. The number of rotatable bonds is 1. The molecule has 0 saturated carbocycles. The van der Waals surface area contributed by atoms with Gasteiger partial charge in [-0.2, -0.15) is 0 Å². The molecular weight excluding hydrogens is 244 g/mol. The van der Waals surface area contributed by atoms with Crippen LogP contribution in [0.2, 0.25) is 0 Å². The number of nitrogens with one attached hydrogen (secondary N) is 1. The molecule has 0 aliphatic heterocycles. The van der Waals surface area contributed by atoms with Crippen LogP contribution >= 0.6 is 34.8 Å². The Balaban J connectivity index is 2.53. The summed E-state index contributed by atoms with van der Waals surface area (Å²) in [6.07, 6.45) is 4.88. The summed E-state index contributed by atoms with van der Waals surface area (Å²) in [6, 6.07) is 0. The van der Waals surface area contributed by atoms with E-state index in [2.05, 4.69) is 0 Å². The fourth-order valence-electron chi connectivity index (χ4n) is 1.38. The lowest BCUT2D eigenvalue weighted by Gasteiger charge is -2.23. The lowest BCUT2D eigenvalue weighted by atomic mass is 9.99. The van der Waals surface area contributed by atoms with Crippen LogP contribution in [-0.2, 0) is 4.74 Å². The summed E-state index contributed by atoms with van der Waals surface area (Å²) in [6.45, 7) is 2.04. The highest BCUT2D eigenvalue weighted by molar-refractivity contribution is 6.76. The number of hydrogen-bond acceptors (Lipinski definition) is 2. The van der Waals surface area contributed by atoms with Gasteiger partial charge < -0.3 is 4.74 Å². The van der Waals surface area contributed by atoms with Crippen molar-refractivity contribution in [1.29, 1.82) is 5.41 Å². The Kier molecular flexibility index (Phi) is 4.11. The molecule has 1 aliphatic rings. The van der Waals surface area contributed by atoms with Crippen LogP contribution in [0.1, 0.15) is 26.2 Å². The molecule has 0 fully saturated rings. The van der Waals surface area contributed by atoms with E-state index < -0.39 is 3.79 Å². The van der Waals surface area contributed by atoms with Crippen LogP contribution in [-0.4, -0.2) is 15.8 Å². The van der Waals surface area contributed by atoms with Crippen molar-refractivity contribution in [3.8, 4) is 0 Å². The van der Waals surface area contributed by atoms with Crippen molar-refractivity contribution >= 4 is 40.7 Å². The summed E-state index contributed by atoms with van der Waals surface area (Å²) >= 11 is 16.5. The molecule has 1 aliphatic carbocycles. The minimum absolute atomic E-state index is 0.119. The van der Waals surface area contributed by atoms with Gasteiger partial charge in [-0.3, -0.25) is 5.41 Å². The van der Waals surface area contributed by atoms with Gasteiger partial charge in [-0.1, -0.05) is 40.4 Å². The molecule has 0 bridgehead atoms. The van der Waals surface area contributed by atoms with Gasteiger partial charge in [-0.05, 0) is 32.3 Å². The second kappa shape index (κ2) is 4.73. The van der Waals surface area contributed by atoms with E-state index in [-0.39, 0.29) is 12.0 Å². The molecule has 0 aromatic rings. The summed E-state index contributed by atoms with van der Waals surface area (Å²) in [5.41, 5.74) is 1.26. The average molecular weight is 257 g/mol. The van der Waals surface area contributed by atoms with E-state index in [0.717, 1.165) is 19.3 Å². The van der Waals surface area contributed by atoms with Gasteiger partial charge >= 0.3 is 0 Å². The minimum Gasteiger partial charge on any atom is -0.470 e. The van der Waals surface area contributed by atoms with Crippen molar-refractivity contribution in [3.05, 3.63) is 11.6 Å². The zero-order valence-corrected chi connectivity index (χ0v) is 10.1. The van der Waals surface area contributed by atoms with Crippen molar-refractivity contribution in [2.75, 3.05) is 0 Å². The second-order valence-electron chi connectivity index (χ2n) is 3.39. The molecule has 2 nitrogen and oxygen atoms in total. The van der Waals surface area contributed by atoms with Gasteiger partial charge in [0.25, 0.3) is 3.79 Å². The van der Waals surface area contributed by atoms with Crippen molar-refractivity contribution in [1.82, 2.24) is 0 Å². The van der Waals surface area contributed by atoms with E-state index in [1.165, 1.54) is 5.57 Å². The lowest BCUT2D eigenvalue weighted by molar-refractivity contribution is 0.208. The van der Waals surface area contributed by atoms with Gasteiger partial charge in [0.05, 0.1) is 0 Å². The Morgan fingerprint density at radius 3 is 2.71 bits per heavy atom. The Hall–Kier alpha value is 0.0800. The third-order valence-corrected chi connectivity index (χ3v) is 2.57. The number of halogens is 3. The molecule has 0 saturated heterocycles. The smallest absolute Gasteiger partial charge is 0.265 e. The fraction of sp³-hybridized carbons (Fsp3) is 0.667. The predicted molar refractivity (Wildman–Crippen MR) is 60.5 cm³/mol. The monoisotopic (exact) mass is 255 g/mol. The Morgan fingerprint density at radius 1 is 1.57 bits per heavy atom. The number of allylic oxidation sites excluding steroid dienone is 1. The molecule has 0 aromatic carbocycles. The first-order valence-corrected chi connectivity index (χ1v) is 5.52. The molecule has 0 spiro atoms. The normalized spacial score (nSPS) is 22.9. The van der Waals surface area contributed by atoms with Crippen molar-refractivity contribution < 1.29 is 4.74 Å². The van der Waals surface area contributed by atoms with E-state index in [0.29, 0.717) is 0 Å². The van der Waals surface area contributed by atoms with Crippen LogP contribution in [0, 0.1) is 5.41 Å². The third-order valence-electron chi connectivity index (χ3n) is 2.06. The zero-order valence-electron chi connectivity index (χ0n) is 7.82. The van der Waals surface area contributed by atoms with E-state index in [1.807, 2.05) is 13.0 Å². The topological polar surface area (TPSA) is 33.1 Å². The van der Waals surface area contributed by atoms with Crippen LogP contribution in [0.5, 0.6) is 0 Å². The van der Waals surface area contributed by atoms with Gasteiger partial charge in [0.2, 0.25) is 5.90 Å². The van der Waals surface area contributed by atoms with Crippen LogP contribution in [0.15, 0.2) is 11.6 Å². The maximum absolute atomic E-state index is 7.39. The van der Waals surface area contributed by atoms with Crippen LogP contribution < -0.4 is 0 Å². The summed E-state index contributed by atoms with van der Waals surface area (Å²) in [5.74, 6) is -0.307. The van der Waals surface area contributed by atoms with E-state index in [9.17, 15) is 0 Å². The zero-order chi connectivity index (χ0) is 10.8. The summed E-state index contributed by atoms with van der Waals surface area (Å²) in [7, 11) is 0. The molecule has 0 amide bonds.